The fourth-order valence-corrected chi connectivity index (χ4v) is 3.66. The van der Waals surface area contributed by atoms with Crippen LogP contribution in [0.2, 0.25) is 0 Å². The summed E-state index contributed by atoms with van der Waals surface area (Å²) in [6, 6.07) is 12.6. The van der Waals surface area contributed by atoms with Gasteiger partial charge >= 0.3 is 0 Å². The van der Waals surface area contributed by atoms with Gasteiger partial charge in [0.2, 0.25) is 11.8 Å². The molecule has 152 valence electrons. The zero-order valence-electron chi connectivity index (χ0n) is 17.0. The number of anilines is 1. The van der Waals surface area contributed by atoms with Gasteiger partial charge in [-0.25, -0.2) is 4.57 Å². The van der Waals surface area contributed by atoms with Crippen molar-refractivity contribution >= 4 is 41.8 Å². The molecular weight excluding hydrogens is 382 g/mol. The minimum atomic E-state index is -0.339. The maximum absolute atomic E-state index is 12.3. The van der Waals surface area contributed by atoms with Gasteiger partial charge in [-0.05, 0) is 48.6 Å². The number of imide groups is 1. The summed E-state index contributed by atoms with van der Waals surface area (Å²) in [5, 5.41) is 2.43. The summed E-state index contributed by atoms with van der Waals surface area (Å²) in [5.41, 5.74) is 4.66. The number of carbonyl (C=O) groups is 2. The molecular formula is C23H28N3O2S+. The zero-order valence-corrected chi connectivity index (χ0v) is 17.9. The van der Waals surface area contributed by atoms with Crippen LogP contribution < -0.4 is 14.8 Å². The Bertz CT molecular complexity index is 891. The van der Waals surface area contributed by atoms with E-state index in [9.17, 15) is 9.59 Å². The van der Waals surface area contributed by atoms with Gasteiger partial charge in [0.25, 0.3) is 0 Å². The van der Waals surface area contributed by atoms with Gasteiger partial charge in [-0.1, -0.05) is 18.2 Å². The minimum absolute atomic E-state index is 0.0258. The lowest BCUT2D eigenvalue weighted by molar-refractivity contribution is -0.671. The molecule has 2 amide bonds. The summed E-state index contributed by atoms with van der Waals surface area (Å²) in [7, 11) is 2.01. The van der Waals surface area contributed by atoms with E-state index < -0.39 is 0 Å². The highest BCUT2D eigenvalue weighted by atomic mass is 32.1. The van der Waals surface area contributed by atoms with Crippen LogP contribution in [-0.4, -0.2) is 30.7 Å². The van der Waals surface area contributed by atoms with Crippen molar-refractivity contribution in [3.8, 4) is 0 Å². The van der Waals surface area contributed by atoms with Gasteiger partial charge in [-0.2, -0.15) is 12.6 Å². The van der Waals surface area contributed by atoms with E-state index in [1.54, 1.807) is 0 Å². The predicted octanol–water partition coefficient (Wildman–Crippen LogP) is 2.86. The summed E-state index contributed by atoms with van der Waals surface area (Å²) >= 11 is 3.91. The van der Waals surface area contributed by atoms with Gasteiger partial charge in [0, 0.05) is 30.9 Å². The molecule has 5 nitrogen and oxygen atoms in total. The molecule has 1 saturated heterocycles. The Hall–Kier alpha value is -2.60. The van der Waals surface area contributed by atoms with Gasteiger partial charge in [0.1, 0.15) is 7.05 Å². The maximum atomic E-state index is 12.3. The van der Waals surface area contributed by atoms with Crippen LogP contribution in [0.5, 0.6) is 0 Å². The first-order valence-electron chi connectivity index (χ1n) is 9.90. The van der Waals surface area contributed by atoms with Crippen molar-refractivity contribution in [3.05, 3.63) is 59.9 Å². The van der Waals surface area contributed by atoms with Crippen LogP contribution in [0.25, 0.3) is 11.6 Å². The number of amides is 2. The quantitative estimate of drug-likeness (QED) is 0.589. The average Bonchev–Trinajstić information content (AvgIpc) is 2.74. The summed E-state index contributed by atoms with van der Waals surface area (Å²) in [5.74, 6) is -0.680. The lowest BCUT2D eigenvalue weighted by Crippen LogP contribution is -2.45. The van der Waals surface area contributed by atoms with E-state index in [-0.39, 0.29) is 23.5 Å². The normalized spacial score (nSPS) is 17.1. The molecule has 0 radical (unpaired) electrons. The molecule has 2 heterocycles. The summed E-state index contributed by atoms with van der Waals surface area (Å²) < 4.78 is 2.02. The fraction of sp³-hybridized carbons (Fsp3) is 0.348. The number of aryl methyl sites for hydroxylation is 1. The standard InChI is InChI=1S/C23H27N3O2S/c1-17(19-9-12-25(2)13-10-19)14-18-5-7-21(8-6-18)26-11-3-4-20(15-26)23(28)24-22(27)16-29/h5-10,12-14,20H,3-4,11,15-16H2,1-2H3,(H-,24,27,28,29)/p+1. The molecule has 0 bridgehead atoms. The van der Waals surface area contributed by atoms with Crippen LogP contribution in [-0.2, 0) is 16.6 Å². The van der Waals surface area contributed by atoms with E-state index in [2.05, 4.69) is 72.2 Å². The number of carbonyl (C=O) groups excluding carboxylic acids is 2. The van der Waals surface area contributed by atoms with Gasteiger partial charge in [-0.3, -0.25) is 14.9 Å². The lowest BCUT2D eigenvalue weighted by atomic mass is 9.96. The van der Waals surface area contributed by atoms with Crippen molar-refractivity contribution in [2.75, 3.05) is 23.7 Å². The number of hydrogen-bond donors (Lipinski definition) is 2. The Morgan fingerprint density at radius 2 is 1.90 bits per heavy atom. The second-order valence-corrected chi connectivity index (χ2v) is 7.84. The Balaban J connectivity index is 1.66. The first-order chi connectivity index (χ1) is 14.0. The van der Waals surface area contributed by atoms with Crippen LogP contribution in [0.4, 0.5) is 5.69 Å². The highest BCUT2D eigenvalue weighted by Gasteiger charge is 2.26. The van der Waals surface area contributed by atoms with Crippen LogP contribution in [0.1, 0.15) is 30.9 Å². The van der Waals surface area contributed by atoms with Crippen molar-refractivity contribution < 1.29 is 14.2 Å². The van der Waals surface area contributed by atoms with Crippen LogP contribution >= 0.6 is 12.6 Å². The third-order valence-corrected chi connectivity index (χ3v) is 5.56. The Kier molecular flexibility index (Phi) is 7.09. The number of pyridine rings is 1. The zero-order chi connectivity index (χ0) is 20.8. The Labute approximate surface area is 177 Å². The average molecular weight is 411 g/mol. The van der Waals surface area contributed by atoms with Crippen molar-refractivity contribution in [3.63, 3.8) is 0 Å². The monoisotopic (exact) mass is 410 g/mol. The van der Waals surface area contributed by atoms with Crippen LogP contribution in [0.3, 0.4) is 0 Å². The number of piperidine rings is 1. The third kappa shape index (κ3) is 5.70. The molecule has 29 heavy (non-hydrogen) atoms. The molecule has 3 rings (SSSR count). The number of allylic oxidation sites excluding steroid dienone is 1. The number of thiol groups is 1. The number of hydrogen-bond acceptors (Lipinski definition) is 4. The Morgan fingerprint density at radius 3 is 2.55 bits per heavy atom. The van der Waals surface area contributed by atoms with Gasteiger partial charge in [-0.15, -0.1) is 0 Å². The van der Waals surface area contributed by atoms with E-state index in [4.69, 9.17) is 0 Å². The third-order valence-electron chi connectivity index (χ3n) is 5.27. The number of nitrogens with zero attached hydrogens (tertiary/aromatic N) is 2. The molecule has 2 aromatic rings. The molecule has 0 saturated carbocycles. The van der Waals surface area contributed by atoms with Gasteiger partial charge in [0.05, 0.1) is 11.7 Å². The van der Waals surface area contributed by atoms with Gasteiger partial charge < -0.3 is 4.90 Å². The van der Waals surface area contributed by atoms with Crippen LogP contribution in [0.15, 0.2) is 48.8 Å². The number of nitrogens with one attached hydrogen (secondary N) is 1. The Morgan fingerprint density at radius 1 is 1.21 bits per heavy atom. The first kappa shape index (κ1) is 21.1. The molecule has 1 N–H and O–H groups in total. The van der Waals surface area contributed by atoms with Crippen molar-refractivity contribution in [1.29, 1.82) is 0 Å². The van der Waals surface area contributed by atoms with Crippen molar-refractivity contribution in [2.45, 2.75) is 19.8 Å². The summed E-state index contributed by atoms with van der Waals surface area (Å²) in [4.78, 5) is 25.9. The number of benzene rings is 1. The van der Waals surface area contributed by atoms with Crippen molar-refractivity contribution in [1.82, 2.24) is 5.32 Å². The minimum Gasteiger partial charge on any atom is -0.371 e. The molecule has 1 aromatic heterocycles. The largest absolute Gasteiger partial charge is 0.371 e. The summed E-state index contributed by atoms with van der Waals surface area (Å²) in [6.45, 7) is 3.66. The highest BCUT2D eigenvalue weighted by molar-refractivity contribution is 7.81. The molecule has 1 fully saturated rings. The van der Waals surface area contributed by atoms with E-state index in [1.165, 1.54) is 11.1 Å². The molecule has 1 aliphatic heterocycles. The first-order valence-corrected chi connectivity index (χ1v) is 10.5. The fourth-order valence-electron chi connectivity index (χ4n) is 3.58. The predicted molar refractivity (Wildman–Crippen MR) is 120 cm³/mol. The second kappa shape index (κ2) is 9.74. The SMILES string of the molecule is C/C(=C\c1ccc(N2CCCC(C(=O)NC(=O)CS)C2)cc1)c1cc[n+](C)cc1. The molecule has 6 heteroatoms. The highest BCUT2D eigenvalue weighted by Crippen LogP contribution is 2.25. The van der Waals surface area contributed by atoms with Gasteiger partial charge in [0.15, 0.2) is 12.4 Å². The molecule has 0 spiro atoms. The maximum Gasteiger partial charge on any atom is 0.236 e. The molecule has 1 aliphatic rings. The smallest absolute Gasteiger partial charge is 0.236 e. The topological polar surface area (TPSA) is 53.3 Å². The number of aromatic nitrogens is 1. The van der Waals surface area contributed by atoms with E-state index in [0.717, 1.165) is 30.6 Å². The van der Waals surface area contributed by atoms with Crippen LogP contribution in [0, 0.1) is 5.92 Å². The van der Waals surface area contributed by atoms with Crippen molar-refractivity contribution in [2.24, 2.45) is 13.0 Å². The van der Waals surface area contributed by atoms with E-state index in [1.807, 2.05) is 24.0 Å². The second-order valence-electron chi connectivity index (χ2n) is 7.53. The lowest BCUT2D eigenvalue weighted by Gasteiger charge is -2.33. The van der Waals surface area contributed by atoms with E-state index in [0.29, 0.717) is 6.54 Å². The molecule has 1 unspecified atom stereocenters. The number of rotatable bonds is 5. The molecule has 1 atom stereocenters. The molecule has 1 aromatic carbocycles. The summed E-state index contributed by atoms with van der Waals surface area (Å²) in [6.07, 6.45) is 8.00. The molecule has 0 aliphatic carbocycles. The van der Waals surface area contributed by atoms with E-state index >= 15 is 0 Å².